The van der Waals surface area contributed by atoms with Crippen LogP contribution in [0.4, 0.5) is 0 Å². The second-order valence-electron chi connectivity index (χ2n) is 5.81. The summed E-state index contributed by atoms with van der Waals surface area (Å²) in [4.78, 5) is 14.0. The van der Waals surface area contributed by atoms with Crippen molar-refractivity contribution in [1.29, 1.82) is 0 Å². The van der Waals surface area contributed by atoms with Gasteiger partial charge in [-0.3, -0.25) is 4.79 Å². The van der Waals surface area contributed by atoms with E-state index in [1.54, 1.807) is 0 Å². The summed E-state index contributed by atoms with van der Waals surface area (Å²) >= 11 is 0. The number of benzene rings is 1. The smallest absolute Gasteiger partial charge is 0.260 e. The Morgan fingerprint density at radius 1 is 1.12 bits per heavy atom. The van der Waals surface area contributed by atoms with Crippen LogP contribution in [0.3, 0.4) is 0 Å². The second-order valence-corrected chi connectivity index (χ2v) is 5.81. The molecular weight excluding hydrogens is 306 g/mol. The van der Waals surface area contributed by atoms with Crippen molar-refractivity contribution in [3.8, 4) is 11.6 Å². The van der Waals surface area contributed by atoms with E-state index >= 15 is 0 Å². The van der Waals surface area contributed by atoms with Gasteiger partial charge in [0.15, 0.2) is 6.61 Å². The average molecular weight is 327 g/mol. The fourth-order valence-corrected chi connectivity index (χ4v) is 2.60. The van der Waals surface area contributed by atoms with E-state index in [0.29, 0.717) is 24.7 Å². The van der Waals surface area contributed by atoms with Crippen LogP contribution in [0.5, 0.6) is 11.6 Å². The van der Waals surface area contributed by atoms with Gasteiger partial charge in [-0.2, -0.15) is 5.10 Å². The first-order chi connectivity index (χ1) is 11.7. The molecule has 1 saturated heterocycles. The number of amides is 1. The van der Waals surface area contributed by atoms with Crippen LogP contribution in [0.25, 0.3) is 0 Å². The van der Waals surface area contributed by atoms with Gasteiger partial charge in [0.05, 0.1) is 5.69 Å². The highest BCUT2D eigenvalue weighted by molar-refractivity contribution is 5.77. The number of hydrogen-bond acceptors (Lipinski definition) is 5. The molecule has 6 nitrogen and oxygen atoms in total. The number of aromatic nitrogens is 2. The zero-order valence-electron chi connectivity index (χ0n) is 13.7. The Morgan fingerprint density at radius 2 is 1.88 bits per heavy atom. The molecular formula is C18H21N3O3. The largest absolute Gasteiger partial charge is 0.484 e. The first-order valence-electron chi connectivity index (χ1n) is 8.13. The van der Waals surface area contributed by atoms with Gasteiger partial charge >= 0.3 is 0 Å². The lowest BCUT2D eigenvalue weighted by molar-refractivity contribution is -0.135. The second kappa shape index (κ2) is 7.77. The van der Waals surface area contributed by atoms with E-state index in [1.165, 1.54) is 0 Å². The third kappa shape index (κ3) is 4.44. The molecule has 1 fully saturated rings. The number of aryl methyl sites for hydroxylation is 1. The predicted molar refractivity (Wildman–Crippen MR) is 88.9 cm³/mol. The first kappa shape index (κ1) is 16.2. The van der Waals surface area contributed by atoms with Crippen molar-refractivity contribution in [2.75, 3.05) is 19.7 Å². The molecule has 0 atom stereocenters. The van der Waals surface area contributed by atoms with Crippen LogP contribution in [-0.2, 0) is 4.79 Å². The molecule has 1 aromatic heterocycles. The quantitative estimate of drug-likeness (QED) is 0.842. The molecule has 1 amide bonds. The first-order valence-corrected chi connectivity index (χ1v) is 8.13. The Labute approximate surface area is 141 Å². The lowest BCUT2D eigenvalue weighted by Gasteiger charge is -2.31. The highest BCUT2D eigenvalue weighted by atomic mass is 16.5. The van der Waals surface area contributed by atoms with Gasteiger partial charge in [0.25, 0.3) is 5.91 Å². The maximum atomic E-state index is 12.2. The number of ether oxygens (including phenoxy) is 2. The van der Waals surface area contributed by atoms with E-state index in [9.17, 15) is 4.79 Å². The Hall–Kier alpha value is -2.63. The summed E-state index contributed by atoms with van der Waals surface area (Å²) in [6, 6.07) is 13.1. The standard InChI is InChI=1S/C18H21N3O3/c1-14-7-8-17(20-19-14)24-16-9-11-21(12-10-16)18(22)13-23-15-5-3-2-4-6-15/h2-8,16H,9-13H2,1H3. The molecule has 2 aromatic rings. The molecule has 0 unspecified atom stereocenters. The number of piperidine rings is 1. The van der Waals surface area contributed by atoms with E-state index in [0.717, 1.165) is 18.5 Å². The lowest BCUT2D eigenvalue weighted by atomic mass is 10.1. The van der Waals surface area contributed by atoms with E-state index in [4.69, 9.17) is 9.47 Å². The molecule has 0 N–H and O–H groups in total. The number of carbonyl (C=O) groups excluding carboxylic acids is 1. The summed E-state index contributed by atoms with van der Waals surface area (Å²) in [6.07, 6.45) is 1.64. The number of para-hydroxylation sites is 1. The molecule has 1 aromatic carbocycles. The maximum absolute atomic E-state index is 12.2. The fraction of sp³-hybridized carbons (Fsp3) is 0.389. The minimum Gasteiger partial charge on any atom is -0.484 e. The molecule has 0 spiro atoms. The summed E-state index contributed by atoms with van der Waals surface area (Å²) in [6.45, 7) is 3.29. The highest BCUT2D eigenvalue weighted by Crippen LogP contribution is 2.17. The van der Waals surface area contributed by atoms with E-state index in [-0.39, 0.29) is 18.6 Å². The average Bonchev–Trinajstić information content (AvgIpc) is 2.63. The predicted octanol–water partition coefficient (Wildman–Crippen LogP) is 2.23. The summed E-state index contributed by atoms with van der Waals surface area (Å²) in [5, 5.41) is 8.00. The molecule has 24 heavy (non-hydrogen) atoms. The molecule has 2 heterocycles. The lowest BCUT2D eigenvalue weighted by Crippen LogP contribution is -2.43. The highest BCUT2D eigenvalue weighted by Gasteiger charge is 2.24. The third-order valence-electron chi connectivity index (χ3n) is 3.96. The van der Waals surface area contributed by atoms with Crippen molar-refractivity contribution in [3.63, 3.8) is 0 Å². The van der Waals surface area contributed by atoms with Gasteiger partial charge in [0, 0.05) is 32.0 Å². The molecule has 126 valence electrons. The van der Waals surface area contributed by atoms with Gasteiger partial charge in [-0.25, -0.2) is 0 Å². The fourth-order valence-electron chi connectivity index (χ4n) is 2.60. The van der Waals surface area contributed by atoms with E-state index in [2.05, 4.69) is 10.2 Å². The summed E-state index contributed by atoms with van der Waals surface area (Å²) in [7, 11) is 0. The van der Waals surface area contributed by atoms with Crippen molar-refractivity contribution < 1.29 is 14.3 Å². The monoisotopic (exact) mass is 327 g/mol. The molecule has 1 aliphatic rings. The van der Waals surface area contributed by atoms with Crippen LogP contribution < -0.4 is 9.47 Å². The van der Waals surface area contributed by atoms with E-state index < -0.39 is 0 Å². The molecule has 6 heteroatoms. The normalized spacial score (nSPS) is 15.1. The number of carbonyl (C=O) groups is 1. The molecule has 3 rings (SSSR count). The SMILES string of the molecule is Cc1ccc(OC2CCN(C(=O)COc3ccccc3)CC2)nn1. The van der Waals surface area contributed by atoms with Gasteiger partial charge in [-0.15, -0.1) is 5.10 Å². The molecule has 0 radical (unpaired) electrons. The van der Waals surface area contributed by atoms with Crippen molar-refractivity contribution in [2.24, 2.45) is 0 Å². The molecule has 0 saturated carbocycles. The number of rotatable bonds is 5. The van der Waals surface area contributed by atoms with Gasteiger partial charge in [0.2, 0.25) is 5.88 Å². The Bertz CT molecular complexity index is 653. The maximum Gasteiger partial charge on any atom is 0.260 e. The van der Waals surface area contributed by atoms with Crippen molar-refractivity contribution in [2.45, 2.75) is 25.9 Å². The van der Waals surface area contributed by atoms with Crippen molar-refractivity contribution >= 4 is 5.91 Å². The Morgan fingerprint density at radius 3 is 2.54 bits per heavy atom. The summed E-state index contributed by atoms with van der Waals surface area (Å²) < 4.78 is 11.3. The van der Waals surface area contributed by atoms with Crippen LogP contribution in [0.2, 0.25) is 0 Å². The molecule has 0 aliphatic carbocycles. The zero-order chi connectivity index (χ0) is 16.8. The van der Waals surface area contributed by atoms with Crippen molar-refractivity contribution in [3.05, 3.63) is 48.2 Å². The van der Waals surface area contributed by atoms with Gasteiger partial charge in [-0.05, 0) is 25.1 Å². The molecule has 1 aliphatic heterocycles. The van der Waals surface area contributed by atoms with Crippen LogP contribution in [0, 0.1) is 6.92 Å². The number of likely N-dealkylation sites (tertiary alicyclic amines) is 1. The van der Waals surface area contributed by atoms with Gasteiger partial charge in [0.1, 0.15) is 11.9 Å². The minimum atomic E-state index is 0.00688. The zero-order valence-corrected chi connectivity index (χ0v) is 13.7. The third-order valence-corrected chi connectivity index (χ3v) is 3.96. The van der Waals surface area contributed by atoms with Crippen LogP contribution in [-0.4, -0.2) is 46.8 Å². The number of nitrogens with zero attached hydrogens (tertiary/aromatic N) is 3. The van der Waals surface area contributed by atoms with E-state index in [1.807, 2.05) is 54.3 Å². The topological polar surface area (TPSA) is 64.5 Å². The van der Waals surface area contributed by atoms with Crippen LogP contribution >= 0.6 is 0 Å². The van der Waals surface area contributed by atoms with Crippen LogP contribution in [0.1, 0.15) is 18.5 Å². The number of hydrogen-bond donors (Lipinski definition) is 0. The van der Waals surface area contributed by atoms with Gasteiger partial charge in [-0.1, -0.05) is 18.2 Å². The molecule has 0 bridgehead atoms. The minimum absolute atomic E-state index is 0.00688. The van der Waals surface area contributed by atoms with Gasteiger partial charge < -0.3 is 14.4 Å². The van der Waals surface area contributed by atoms with Crippen molar-refractivity contribution in [1.82, 2.24) is 15.1 Å². The van der Waals surface area contributed by atoms with Crippen LogP contribution in [0.15, 0.2) is 42.5 Å². The summed E-state index contributed by atoms with van der Waals surface area (Å²) in [5.41, 5.74) is 0.862. The Kier molecular flexibility index (Phi) is 5.25. The Balaban J connectivity index is 1.42. The summed E-state index contributed by atoms with van der Waals surface area (Å²) in [5.74, 6) is 1.26.